The number of hydrogen-bond donors (Lipinski definition) is 1. The van der Waals surface area contributed by atoms with E-state index in [1.807, 2.05) is 44.2 Å². The molecule has 0 fully saturated rings. The summed E-state index contributed by atoms with van der Waals surface area (Å²) in [6, 6.07) is 8.59. The van der Waals surface area contributed by atoms with Crippen molar-refractivity contribution in [2.45, 2.75) is 26.8 Å². The minimum absolute atomic E-state index is 0.203. The van der Waals surface area contributed by atoms with Gasteiger partial charge in [0.2, 0.25) is 0 Å². The molecule has 1 N–H and O–H groups in total. The van der Waals surface area contributed by atoms with Gasteiger partial charge in [0.15, 0.2) is 6.04 Å². The smallest absolute Gasteiger partial charge is 0.280 e. The monoisotopic (exact) mass is 296 g/mol. The number of aryl methyl sites for hydroxylation is 2. The molecular weight excluding hydrogens is 280 g/mol. The lowest BCUT2D eigenvalue weighted by molar-refractivity contribution is -0.117. The lowest BCUT2D eigenvalue weighted by atomic mass is 10.2. The summed E-state index contributed by atoms with van der Waals surface area (Å²) in [5, 5.41) is 20.9. The highest BCUT2D eigenvalue weighted by Crippen LogP contribution is 2.25. The zero-order chi connectivity index (χ0) is 15.7. The summed E-state index contributed by atoms with van der Waals surface area (Å²) in [5.74, 6) is -0.203. The SMILES string of the molecule is CC1=NN(c2ccccc2)C(=O)[C@H]1N=Nc1c(C)n[nH]c1C. The van der Waals surface area contributed by atoms with E-state index in [-0.39, 0.29) is 5.91 Å². The number of anilines is 1. The number of azo groups is 1. The molecule has 1 aromatic heterocycles. The Morgan fingerprint density at radius 3 is 2.55 bits per heavy atom. The van der Waals surface area contributed by atoms with Gasteiger partial charge in [-0.2, -0.15) is 25.4 Å². The molecule has 3 rings (SSSR count). The van der Waals surface area contributed by atoms with Gasteiger partial charge in [0.1, 0.15) is 5.69 Å². The molecule has 2 aromatic rings. The van der Waals surface area contributed by atoms with E-state index in [2.05, 4.69) is 25.5 Å². The number of rotatable bonds is 3. The molecule has 2 heterocycles. The number of nitrogens with one attached hydrogen (secondary N) is 1. The van der Waals surface area contributed by atoms with E-state index in [4.69, 9.17) is 0 Å². The average Bonchev–Trinajstić information content (AvgIpc) is 2.99. The van der Waals surface area contributed by atoms with Crippen LogP contribution in [-0.2, 0) is 4.79 Å². The molecule has 7 heteroatoms. The van der Waals surface area contributed by atoms with E-state index in [9.17, 15) is 4.79 Å². The van der Waals surface area contributed by atoms with Crippen molar-refractivity contribution in [1.82, 2.24) is 10.2 Å². The van der Waals surface area contributed by atoms with Crippen LogP contribution < -0.4 is 5.01 Å². The van der Waals surface area contributed by atoms with Gasteiger partial charge in [-0.1, -0.05) is 18.2 Å². The van der Waals surface area contributed by atoms with E-state index < -0.39 is 6.04 Å². The molecule has 1 amide bonds. The molecule has 1 aromatic carbocycles. The van der Waals surface area contributed by atoms with Gasteiger partial charge in [0, 0.05) is 0 Å². The van der Waals surface area contributed by atoms with Crippen LogP contribution in [0.2, 0.25) is 0 Å². The largest absolute Gasteiger partial charge is 0.280 e. The Hall–Kier alpha value is -2.83. The first-order chi connectivity index (χ1) is 10.6. The fraction of sp³-hybridized carbons (Fsp3) is 0.267. The fourth-order valence-electron chi connectivity index (χ4n) is 2.25. The second-order valence-electron chi connectivity index (χ2n) is 5.13. The highest BCUT2D eigenvalue weighted by atomic mass is 16.2. The molecule has 1 aliphatic rings. The molecule has 112 valence electrons. The van der Waals surface area contributed by atoms with Crippen LogP contribution in [-0.4, -0.2) is 27.9 Å². The summed E-state index contributed by atoms with van der Waals surface area (Å²) in [4.78, 5) is 12.5. The summed E-state index contributed by atoms with van der Waals surface area (Å²) in [6.45, 7) is 5.48. The number of carbonyl (C=O) groups is 1. The number of para-hydroxylation sites is 1. The number of aromatic nitrogens is 2. The van der Waals surface area contributed by atoms with Crippen LogP contribution in [0.5, 0.6) is 0 Å². The van der Waals surface area contributed by atoms with Gasteiger partial charge in [-0.05, 0) is 32.9 Å². The molecule has 22 heavy (non-hydrogen) atoms. The number of nitrogens with zero attached hydrogens (tertiary/aromatic N) is 5. The van der Waals surface area contributed by atoms with Crippen LogP contribution in [0.4, 0.5) is 11.4 Å². The fourth-order valence-corrected chi connectivity index (χ4v) is 2.25. The third kappa shape index (κ3) is 2.41. The Bertz CT molecular complexity index is 742. The van der Waals surface area contributed by atoms with Crippen LogP contribution in [0.1, 0.15) is 18.3 Å². The van der Waals surface area contributed by atoms with Crippen LogP contribution in [0.15, 0.2) is 45.7 Å². The first kappa shape index (κ1) is 14.1. The number of H-pyrrole nitrogens is 1. The van der Waals surface area contributed by atoms with Crippen LogP contribution in [0.25, 0.3) is 0 Å². The normalized spacial score (nSPS) is 18.3. The average molecular weight is 296 g/mol. The minimum Gasteiger partial charge on any atom is -0.280 e. The van der Waals surface area contributed by atoms with Crippen molar-refractivity contribution in [2.24, 2.45) is 15.3 Å². The van der Waals surface area contributed by atoms with Crippen molar-refractivity contribution < 1.29 is 4.79 Å². The maximum absolute atomic E-state index is 12.5. The molecule has 7 nitrogen and oxygen atoms in total. The van der Waals surface area contributed by atoms with Gasteiger partial charge < -0.3 is 0 Å². The van der Waals surface area contributed by atoms with Crippen molar-refractivity contribution in [2.75, 3.05) is 5.01 Å². The predicted molar refractivity (Wildman–Crippen MR) is 83.4 cm³/mol. The van der Waals surface area contributed by atoms with Gasteiger partial charge in [-0.25, -0.2) is 0 Å². The van der Waals surface area contributed by atoms with Crippen LogP contribution in [0.3, 0.4) is 0 Å². The van der Waals surface area contributed by atoms with Crippen molar-refractivity contribution in [3.8, 4) is 0 Å². The molecule has 0 saturated heterocycles. The van der Waals surface area contributed by atoms with Gasteiger partial charge in [0.25, 0.3) is 5.91 Å². The summed E-state index contributed by atoms with van der Waals surface area (Å²) in [5.41, 5.74) is 3.58. The Morgan fingerprint density at radius 1 is 1.18 bits per heavy atom. The number of benzene rings is 1. The Balaban J connectivity index is 1.85. The molecule has 0 radical (unpaired) electrons. The lowest BCUT2D eigenvalue weighted by Crippen LogP contribution is -2.29. The van der Waals surface area contributed by atoms with Crippen LogP contribution in [0, 0.1) is 13.8 Å². The topological polar surface area (TPSA) is 86.1 Å². The summed E-state index contributed by atoms with van der Waals surface area (Å²) in [7, 11) is 0. The second kappa shape index (κ2) is 5.51. The maximum Gasteiger partial charge on any atom is 0.280 e. The summed E-state index contributed by atoms with van der Waals surface area (Å²) < 4.78 is 0. The van der Waals surface area contributed by atoms with Gasteiger partial charge in [-0.15, -0.1) is 0 Å². The third-order valence-electron chi connectivity index (χ3n) is 3.46. The van der Waals surface area contributed by atoms with Gasteiger partial charge >= 0.3 is 0 Å². The molecule has 0 saturated carbocycles. The zero-order valence-electron chi connectivity index (χ0n) is 12.6. The van der Waals surface area contributed by atoms with Gasteiger partial charge in [-0.3, -0.25) is 9.89 Å². The highest BCUT2D eigenvalue weighted by molar-refractivity contribution is 6.18. The molecule has 0 bridgehead atoms. The Morgan fingerprint density at radius 2 is 1.91 bits per heavy atom. The molecule has 1 aliphatic heterocycles. The maximum atomic E-state index is 12.5. The van der Waals surface area contributed by atoms with E-state index in [0.29, 0.717) is 11.4 Å². The van der Waals surface area contributed by atoms with Gasteiger partial charge in [0.05, 0.1) is 22.8 Å². The molecule has 0 unspecified atom stereocenters. The van der Waals surface area contributed by atoms with Crippen molar-refractivity contribution >= 4 is 23.0 Å². The number of aromatic amines is 1. The highest BCUT2D eigenvalue weighted by Gasteiger charge is 2.34. The van der Waals surface area contributed by atoms with Crippen LogP contribution >= 0.6 is 0 Å². The molecule has 1 atom stereocenters. The summed E-state index contributed by atoms with van der Waals surface area (Å²) >= 11 is 0. The van der Waals surface area contributed by atoms with Crippen molar-refractivity contribution in [1.29, 1.82) is 0 Å². The molecular formula is C15H16N6O. The number of amides is 1. The Labute approximate surface area is 127 Å². The van der Waals surface area contributed by atoms with Crippen molar-refractivity contribution in [3.63, 3.8) is 0 Å². The van der Waals surface area contributed by atoms with E-state index in [1.54, 1.807) is 6.92 Å². The quantitative estimate of drug-likeness (QED) is 0.883. The van der Waals surface area contributed by atoms with E-state index >= 15 is 0 Å². The van der Waals surface area contributed by atoms with Crippen molar-refractivity contribution in [3.05, 3.63) is 41.7 Å². The lowest BCUT2D eigenvalue weighted by Gasteiger charge is -2.11. The third-order valence-corrected chi connectivity index (χ3v) is 3.46. The molecule has 0 spiro atoms. The first-order valence-corrected chi connectivity index (χ1v) is 6.94. The predicted octanol–water partition coefficient (Wildman–Crippen LogP) is 2.90. The second-order valence-corrected chi connectivity index (χ2v) is 5.13. The molecule has 0 aliphatic carbocycles. The van der Waals surface area contributed by atoms with E-state index in [0.717, 1.165) is 17.1 Å². The first-order valence-electron chi connectivity index (χ1n) is 6.94. The minimum atomic E-state index is -0.686. The number of carbonyl (C=O) groups excluding carboxylic acids is 1. The summed E-state index contributed by atoms with van der Waals surface area (Å²) in [6.07, 6.45) is 0. The van der Waals surface area contributed by atoms with E-state index in [1.165, 1.54) is 5.01 Å². The zero-order valence-corrected chi connectivity index (χ0v) is 12.6. The Kier molecular flexibility index (Phi) is 3.54. The standard InChI is InChI=1S/C15H16N6O/c1-9-13(10(2)17-16-9)18-19-14-11(3)20-21(15(14)22)12-7-5-4-6-8-12/h4-8,14H,1-3H3,(H,16,17)/t14-/m0/s1. The number of hydrazone groups is 1. The number of hydrogen-bond acceptors (Lipinski definition) is 5.